The van der Waals surface area contributed by atoms with Crippen LogP contribution in [0.4, 0.5) is 0 Å². The summed E-state index contributed by atoms with van der Waals surface area (Å²) in [6, 6.07) is 7.21. The fraction of sp³-hybridized carbons (Fsp3) is 0.308. The van der Waals surface area contributed by atoms with Crippen molar-refractivity contribution >= 4 is 28.3 Å². The van der Waals surface area contributed by atoms with E-state index in [0.29, 0.717) is 28.2 Å². The predicted octanol–water partition coefficient (Wildman–Crippen LogP) is 2.48. The van der Waals surface area contributed by atoms with Crippen molar-refractivity contribution in [2.45, 2.75) is 31.5 Å². The summed E-state index contributed by atoms with van der Waals surface area (Å²) >= 11 is 0.953. The molecule has 1 aromatic heterocycles. The number of carbonyl (C=O) groups excluding carboxylic acids is 1. The fourth-order valence-corrected chi connectivity index (χ4v) is 2.33. The summed E-state index contributed by atoms with van der Waals surface area (Å²) in [6.07, 6.45) is 1.89. The third kappa shape index (κ3) is 2.46. The molecule has 0 fully saturated rings. The number of para-hydroxylation sites is 1. The lowest BCUT2D eigenvalue weighted by Gasteiger charge is -2.10. The van der Waals surface area contributed by atoms with Gasteiger partial charge >= 0.3 is 0 Å². The number of carbonyl (C=O) groups is 1. The van der Waals surface area contributed by atoms with Crippen LogP contribution in [0.2, 0.25) is 0 Å². The van der Waals surface area contributed by atoms with Crippen molar-refractivity contribution in [1.29, 1.82) is 0 Å². The fourth-order valence-electron chi connectivity index (χ4n) is 1.79. The Morgan fingerprint density at radius 1 is 1.39 bits per heavy atom. The average Bonchev–Trinajstić information content (AvgIpc) is 2.39. The van der Waals surface area contributed by atoms with Crippen molar-refractivity contribution in [2.24, 2.45) is 0 Å². The molecule has 1 heterocycles. The number of rotatable bonds is 5. The van der Waals surface area contributed by atoms with Crippen molar-refractivity contribution < 1.29 is 4.79 Å². The van der Waals surface area contributed by atoms with Crippen LogP contribution >= 0.6 is 11.8 Å². The van der Waals surface area contributed by atoms with Gasteiger partial charge in [0.15, 0.2) is 10.8 Å². The van der Waals surface area contributed by atoms with Gasteiger partial charge in [-0.3, -0.25) is 14.2 Å². The standard InChI is InChI=1S/C13H14N2O2S/c1-2-3-8-15-12(17)10-6-4-5-7-11(10)14-13(15)18-9-16/h4-7,9H,2-3,8H2,1H3. The second-order valence-corrected chi connectivity index (χ2v) is 4.73. The van der Waals surface area contributed by atoms with Gasteiger partial charge in [0.25, 0.3) is 5.56 Å². The summed E-state index contributed by atoms with van der Waals surface area (Å²) < 4.78 is 1.59. The molecular formula is C13H14N2O2S. The summed E-state index contributed by atoms with van der Waals surface area (Å²) in [5.74, 6) is 0. The number of nitrogens with zero attached hydrogens (tertiary/aromatic N) is 2. The van der Waals surface area contributed by atoms with E-state index in [1.165, 1.54) is 0 Å². The minimum atomic E-state index is -0.0709. The highest BCUT2D eigenvalue weighted by molar-refractivity contribution is 8.11. The van der Waals surface area contributed by atoms with Crippen LogP contribution in [-0.2, 0) is 11.3 Å². The number of hydrogen-bond donors (Lipinski definition) is 0. The minimum absolute atomic E-state index is 0.0709. The van der Waals surface area contributed by atoms with E-state index >= 15 is 0 Å². The number of fused-ring (bicyclic) bond motifs is 1. The largest absolute Gasteiger partial charge is 0.290 e. The van der Waals surface area contributed by atoms with E-state index in [1.54, 1.807) is 16.7 Å². The monoisotopic (exact) mass is 262 g/mol. The number of thioether (sulfide) groups is 1. The molecule has 0 aliphatic carbocycles. The molecule has 0 bridgehead atoms. The SMILES string of the molecule is CCCCn1c(SC=O)nc2ccccc2c1=O. The Labute approximate surface area is 109 Å². The molecule has 18 heavy (non-hydrogen) atoms. The van der Waals surface area contributed by atoms with Crippen LogP contribution in [0.1, 0.15) is 19.8 Å². The van der Waals surface area contributed by atoms with Crippen LogP contribution < -0.4 is 5.56 Å². The van der Waals surface area contributed by atoms with E-state index in [2.05, 4.69) is 11.9 Å². The van der Waals surface area contributed by atoms with Crippen molar-refractivity contribution in [3.8, 4) is 0 Å². The maximum atomic E-state index is 12.3. The van der Waals surface area contributed by atoms with Crippen molar-refractivity contribution in [3.05, 3.63) is 34.6 Å². The predicted molar refractivity (Wildman–Crippen MR) is 73.5 cm³/mol. The molecule has 0 aliphatic rings. The zero-order chi connectivity index (χ0) is 13.0. The molecule has 0 radical (unpaired) electrons. The lowest BCUT2D eigenvalue weighted by molar-refractivity contribution is 0.555. The van der Waals surface area contributed by atoms with E-state index in [9.17, 15) is 9.59 Å². The average molecular weight is 262 g/mol. The normalized spacial score (nSPS) is 10.7. The van der Waals surface area contributed by atoms with Gasteiger partial charge < -0.3 is 0 Å². The molecule has 5 heteroatoms. The number of benzene rings is 1. The molecule has 0 atom stereocenters. The Morgan fingerprint density at radius 3 is 2.89 bits per heavy atom. The van der Waals surface area contributed by atoms with Crippen LogP contribution in [0.3, 0.4) is 0 Å². The van der Waals surface area contributed by atoms with E-state index in [4.69, 9.17) is 0 Å². The summed E-state index contributed by atoms with van der Waals surface area (Å²) in [4.78, 5) is 27.4. The topological polar surface area (TPSA) is 52.0 Å². The van der Waals surface area contributed by atoms with E-state index in [0.717, 1.165) is 24.6 Å². The van der Waals surface area contributed by atoms with Crippen LogP contribution in [0.5, 0.6) is 0 Å². The lowest BCUT2D eigenvalue weighted by Crippen LogP contribution is -2.23. The first-order valence-electron chi connectivity index (χ1n) is 5.87. The lowest BCUT2D eigenvalue weighted by atomic mass is 10.2. The molecule has 0 N–H and O–H groups in total. The Balaban J connectivity index is 2.63. The van der Waals surface area contributed by atoms with E-state index in [-0.39, 0.29) is 5.56 Å². The Kier molecular flexibility index (Phi) is 4.15. The van der Waals surface area contributed by atoms with Gasteiger partial charge in [-0.05, 0) is 30.3 Å². The molecule has 2 rings (SSSR count). The van der Waals surface area contributed by atoms with Gasteiger partial charge in [0.2, 0.25) is 0 Å². The Morgan fingerprint density at radius 2 is 2.17 bits per heavy atom. The van der Waals surface area contributed by atoms with Crippen LogP contribution in [0, 0.1) is 0 Å². The second-order valence-electron chi connectivity index (χ2n) is 3.94. The molecule has 0 amide bonds. The van der Waals surface area contributed by atoms with Crippen molar-refractivity contribution in [3.63, 3.8) is 0 Å². The summed E-state index contributed by atoms with van der Waals surface area (Å²) in [5, 5.41) is 1.08. The zero-order valence-corrected chi connectivity index (χ0v) is 10.9. The summed E-state index contributed by atoms with van der Waals surface area (Å²) in [7, 11) is 0. The summed E-state index contributed by atoms with van der Waals surface area (Å²) in [5.41, 5.74) is 1.27. The van der Waals surface area contributed by atoms with Crippen molar-refractivity contribution in [1.82, 2.24) is 9.55 Å². The molecule has 0 spiro atoms. The number of hydrogen-bond acceptors (Lipinski definition) is 4. The third-order valence-electron chi connectivity index (χ3n) is 2.72. The quantitative estimate of drug-likeness (QED) is 0.472. The molecular weight excluding hydrogens is 248 g/mol. The molecule has 4 nitrogen and oxygen atoms in total. The van der Waals surface area contributed by atoms with Crippen LogP contribution in [0.15, 0.2) is 34.2 Å². The summed E-state index contributed by atoms with van der Waals surface area (Å²) in [6.45, 7) is 2.66. The van der Waals surface area contributed by atoms with E-state index < -0.39 is 0 Å². The minimum Gasteiger partial charge on any atom is -0.290 e. The first-order chi connectivity index (χ1) is 8.77. The highest BCUT2D eigenvalue weighted by atomic mass is 32.2. The highest BCUT2D eigenvalue weighted by Crippen LogP contribution is 2.15. The Bertz CT molecular complexity index is 622. The van der Waals surface area contributed by atoms with Gasteiger partial charge in [0.1, 0.15) is 0 Å². The van der Waals surface area contributed by atoms with Crippen molar-refractivity contribution in [2.75, 3.05) is 0 Å². The molecule has 0 aliphatic heterocycles. The highest BCUT2D eigenvalue weighted by Gasteiger charge is 2.10. The van der Waals surface area contributed by atoms with E-state index in [1.807, 2.05) is 12.1 Å². The maximum Gasteiger partial charge on any atom is 0.262 e. The first kappa shape index (κ1) is 12.8. The maximum absolute atomic E-state index is 12.3. The molecule has 94 valence electrons. The third-order valence-corrected chi connectivity index (χ3v) is 3.33. The number of aromatic nitrogens is 2. The van der Waals surface area contributed by atoms with Gasteiger partial charge in [-0.2, -0.15) is 0 Å². The molecule has 1 aromatic carbocycles. The first-order valence-corrected chi connectivity index (χ1v) is 6.75. The molecule has 0 unspecified atom stereocenters. The molecule has 0 saturated heterocycles. The van der Waals surface area contributed by atoms with Gasteiger partial charge in [-0.25, -0.2) is 4.98 Å². The molecule has 0 saturated carbocycles. The molecule has 2 aromatic rings. The number of unbranched alkanes of at least 4 members (excludes halogenated alkanes) is 1. The van der Waals surface area contributed by atoms with Crippen LogP contribution in [-0.4, -0.2) is 15.2 Å². The smallest absolute Gasteiger partial charge is 0.262 e. The second kappa shape index (κ2) is 5.82. The van der Waals surface area contributed by atoms with Gasteiger partial charge in [-0.15, -0.1) is 0 Å². The van der Waals surface area contributed by atoms with Gasteiger partial charge in [0, 0.05) is 6.54 Å². The van der Waals surface area contributed by atoms with Gasteiger partial charge in [0.05, 0.1) is 10.9 Å². The van der Waals surface area contributed by atoms with Gasteiger partial charge in [-0.1, -0.05) is 25.5 Å². The Hall–Kier alpha value is -1.62. The van der Waals surface area contributed by atoms with Crippen LogP contribution in [0.25, 0.3) is 10.9 Å². The zero-order valence-electron chi connectivity index (χ0n) is 10.1.